The van der Waals surface area contributed by atoms with E-state index in [0.717, 1.165) is 37.2 Å². The van der Waals surface area contributed by atoms with Crippen molar-refractivity contribution in [1.82, 2.24) is 5.32 Å². The quantitative estimate of drug-likeness (QED) is 0.638. The third-order valence-electron chi connectivity index (χ3n) is 3.56. The van der Waals surface area contributed by atoms with E-state index in [1.54, 1.807) is 18.2 Å². The zero-order chi connectivity index (χ0) is 13.2. The van der Waals surface area contributed by atoms with E-state index >= 15 is 0 Å². The number of rotatable bonds is 3. The second kappa shape index (κ2) is 4.94. The van der Waals surface area contributed by atoms with Gasteiger partial charge in [-0.2, -0.15) is 0 Å². The van der Waals surface area contributed by atoms with Crippen molar-refractivity contribution in [2.24, 2.45) is 0 Å². The summed E-state index contributed by atoms with van der Waals surface area (Å²) in [6.45, 7) is 6.12. The minimum absolute atomic E-state index is 0.0755. The predicted octanol–water partition coefficient (Wildman–Crippen LogP) is 2.46. The van der Waals surface area contributed by atoms with Gasteiger partial charge in [-0.25, -0.2) is 0 Å². The normalized spacial score (nSPS) is 18.3. The largest absolute Gasteiger partial charge is 0.380 e. The first-order chi connectivity index (χ1) is 8.50. The molecule has 1 heterocycles. The molecule has 0 bridgehead atoms. The van der Waals surface area contributed by atoms with E-state index in [4.69, 9.17) is 0 Å². The molecule has 1 aliphatic heterocycles. The molecule has 1 fully saturated rings. The number of aryl methyl sites for hydroxylation is 1. The standard InChI is InChI=1S/C13H19N3O2/c1-10-9-11(16(17)18)3-4-12(10)15-13(2)5-7-14-8-6-13/h3-4,9,14-15H,5-8H2,1-2H3. The van der Waals surface area contributed by atoms with Crippen LogP contribution < -0.4 is 10.6 Å². The van der Waals surface area contributed by atoms with Gasteiger partial charge in [-0.3, -0.25) is 10.1 Å². The van der Waals surface area contributed by atoms with E-state index in [9.17, 15) is 10.1 Å². The van der Waals surface area contributed by atoms with Gasteiger partial charge in [0, 0.05) is 23.4 Å². The lowest BCUT2D eigenvalue weighted by molar-refractivity contribution is -0.384. The smallest absolute Gasteiger partial charge is 0.269 e. The summed E-state index contributed by atoms with van der Waals surface area (Å²) >= 11 is 0. The van der Waals surface area contributed by atoms with Crippen LogP contribution in [0, 0.1) is 17.0 Å². The molecule has 2 rings (SSSR count). The molecule has 0 saturated carbocycles. The predicted molar refractivity (Wildman–Crippen MR) is 72.0 cm³/mol. The molecule has 0 unspecified atom stereocenters. The summed E-state index contributed by atoms with van der Waals surface area (Å²) in [5, 5.41) is 17.6. The van der Waals surface area contributed by atoms with Crippen molar-refractivity contribution < 1.29 is 4.92 Å². The Balaban J connectivity index is 2.16. The van der Waals surface area contributed by atoms with E-state index in [1.165, 1.54) is 0 Å². The average molecular weight is 249 g/mol. The van der Waals surface area contributed by atoms with Crippen LogP contribution in [-0.2, 0) is 0 Å². The van der Waals surface area contributed by atoms with Gasteiger partial charge in [0.15, 0.2) is 0 Å². The van der Waals surface area contributed by atoms with Crippen molar-refractivity contribution >= 4 is 11.4 Å². The summed E-state index contributed by atoms with van der Waals surface area (Å²) in [6, 6.07) is 4.98. The van der Waals surface area contributed by atoms with Crippen molar-refractivity contribution in [2.45, 2.75) is 32.2 Å². The third kappa shape index (κ3) is 2.79. The second-order valence-corrected chi connectivity index (χ2v) is 5.19. The lowest BCUT2D eigenvalue weighted by Gasteiger charge is -2.36. The molecule has 1 aromatic rings. The van der Waals surface area contributed by atoms with Crippen LogP contribution in [0.5, 0.6) is 0 Å². The molecule has 1 aromatic carbocycles. The Bertz CT molecular complexity index is 454. The van der Waals surface area contributed by atoms with Crippen LogP contribution >= 0.6 is 0 Å². The molecule has 2 N–H and O–H groups in total. The minimum Gasteiger partial charge on any atom is -0.380 e. The third-order valence-corrected chi connectivity index (χ3v) is 3.56. The van der Waals surface area contributed by atoms with Crippen molar-refractivity contribution in [1.29, 1.82) is 0 Å². The van der Waals surface area contributed by atoms with Gasteiger partial charge >= 0.3 is 0 Å². The number of anilines is 1. The van der Waals surface area contributed by atoms with Gasteiger partial charge in [-0.15, -0.1) is 0 Å². The first kappa shape index (κ1) is 12.8. The van der Waals surface area contributed by atoms with Gasteiger partial charge in [0.05, 0.1) is 4.92 Å². The Kier molecular flexibility index (Phi) is 3.52. The van der Waals surface area contributed by atoms with Gasteiger partial charge in [-0.05, 0) is 51.4 Å². The molecule has 0 spiro atoms. The number of nitro benzene ring substituents is 1. The van der Waals surface area contributed by atoms with Crippen molar-refractivity contribution in [3.05, 3.63) is 33.9 Å². The fourth-order valence-electron chi connectivity index (χ4n) is 2.33. The first-order valence-electron chi connectivity index (χ1n) is 6.24. The van der Waals surface area contributed by atoms with Gasteiger partial charge in [-0.1, -0.05) is 0 Å². The molecule has 5 nitrogen and oxygen atoms in total. The maximum atomic E-state index is 10.7. The Morgan fingerprint density at radius 3 is 2.61 bits per heavy atom. The van der Waals surface area contributed by atoms with Crippen LogP contribution in [0.1, 0.15) is 25.3 Å². The topological polar surface area (TPSA) is 67.2 Å². The Labute approximate surface area is 107 Å². The highest BCUT2D eigenvalue weighted by molar-refractivity contribution is 5.56. The molecule has 0 aromatic heterocycles. The van der Waals surface area contributed by atoms with Crippen molar-refractivity contribution in [3.8, 4) is 0 Å². The molecule has 98 valence electrons. The fourth-order valence-corrected chi connectivity index (χ4v) is 2.33. The molecule has 18 heavy (non-hydrogen) atoms. The summed E-state index contributed by atoms with van der Waals surface area (Å²) < 4.78 is 0. The second-order valence-electron chi connectivity index (χ2n) is 5.19. The lowest BCUT2D eigenvalue weighted by atomic mass is 9.90. The van der Waals surface area contributed by atoms with E-state index in [0.29, 0.717) is 0 Å². The first-order valence-corrected chi connectivity index (χ1v) is 6.24. The van der Waals surface area contributed by atoms with Gasteiger partial charge in [0.2, 0.25) is 0 Å². The molecule has 0 atom stereocenters. The van der Waals surface area contributed by atoms with Crippen LogP contribution in [0.25, 0.3) is 0 Å². The number of non-ortho nitro benzene ring substituents is 1. The highest BCUT2D eigenvalue weighted by atomic mass is 16.6. The maximum absolute atomic E-state index is 10.7. The van der Waals surface area contributed by atoms with Crippen LogP contribution in [0.2, 0.25) is 0 Å². The number of nitro groups is 1. The van der Waals surface area contributed by atoms with Crippen LogP contribution in [0.4, 0.5) is 11.4 Å². The highest BCUT2D eigenvalue weighted by Crippen LogP contribution is 2.28. The van der Waals surface area contributed by atoms with Gasteiger partial charge < -0.3 is 10.6 Å². The molecule has 0 radical (unpaired) electrons. The van der Waals surface area contributed by atoms with Crippen LogP contribution in [0.3, 0.4) is 0 Å². The molecule has 1 aliphatic rings. The summed E-state index contributed by atoms with van der Waals surface area (Å²) in [4.78, 5) is 10.3. The number of piperidine rings is 1. The monoisotopic (exact) mass is 249 g/mol. The Hall–Kier alpha value is -1.62. The number of hydrogen-bond acceptors (Lipinski definition) is 4. The van der Waals surface area contributed by atoms with E-state index in [-0.39, 0.29) is 16.1 Å². The van der Waals surface area contributed by atoms with Crippen molar-refractivity contribution in [2.75, 3.05) is 18.4 Å². The number of hydrogen-bond donors (Lipinski definition) is 2. The molecule has 0 amide bonds. The van der Waals surface area contributed by atoms with Crippen molar-refractivity contribution in [3.63, 3.8) is 0 Å². The average Bonchev–Trinajstić information content (AvgIpc) is 2.32. The fraction of sp³-hybridized carbons (Fsp3) is 0.538. The van der Waals surface area contributed by atoms with Gasteiger partial charge in [0.25, 0.3) is 5.69 Å². The molecular weight excluding hydrogens is 230 g/mol. The minimum atomic E-state index is -0.358. The van der Waals surface area contributed by atoms with Crippen LogP contribution in [0.15, 0.2) is 18.2 Å². The summed E-state index contributed by atoms with van der Waals surface area (Å²) in [5.41, 5.74) is 2.13. The van der Waals surface area contributed by atoms with Gasteiger partial charge in [0.1, 0.15) is 0 Å². The Morgan fingerprint density at radius 1 is 1.39 bits per heavy atom. The number of nitrogens with zero attached hydrogens (tertiary/aromatic N) is 1. The van der Waals surface area contributed by atoms with Crippen LogP contribution in [-0.4, -0.2) is 23.6 Å². The van der Waals surface area contributed by atoms with E-state index in [2.05, 4.69) is 17.6 Å². The zero-order valence-corrected chi connectivity index (χ0v) is 10.8. The zero-order valence-electron chi connectivity index (χ0n) is 10.8. The summed E-state index contributed by atoms with van der Waals surface area (Å²) in [6.07, 6.45) is 2.12. The summed E-state index contributed by atoms with van der Waals surface area (Å²) in [7, 11) is 0. The molecule has 0 aliphatic carbocycles. The lowest BCUT2D eigenvalue weighted by Crippen LogP contribution is -2.45. The number of benzene rings is 1. The highest BCUT2D eigenvalue weighted by Gasteiger charge is 2.26. The molecular formula is C13H19N3O2. The van der Waals surface area contributed by atoms with E-state index < -0.39 is 0 Å². The molecule has 1 saturated heterocycles. The SMILES string of the molecule is Cc1cc([N+](=O)[O-])ccc1NC1(C)CCNCC1. The van der Waals surface area contributed by atoms with E-state index in [1.807, 2.05) is 6.92 Å². The maximum Gasteiger partial charge on any atom is 0.269 e. The molecule has 5 heteroatoms. The summed E-state index contributed by atoms with van der Waals surface area (Å²) in [5.74, 6) is 0. The number of nitrogens with one attached hydrogen (secondary N) is 2. The Morgan fingerprint density at radius 2 is 2.06 bits per heavy atom.